The molecular weight excluding hydrogens is 388 g/mol. The zero-order chi connectivity index (χ0) is 18.0. The number of rotatable bonds is 5. The Hall–Kier alpha value is -2.67. The minimum atomic E-state index is -0.276. The van der Waals surface area contributed by atoms with Gasteiger partial charge in [-0.15, -0.1) is 0 Å². The Morgan fingerprint density at radius 3 is 2.68 bits per heavy atom. The fraction of sp³-hybridized carbons (Fsp3) is 0.167. The van der Waals surface area contributed by atoms with E-state index in [1.165, 1.54) is 25.1 Å². The van der Waals surface area contributed by atoms with Crippen molar-refractivity contribution in [2.24, 2.45) is 0 Å². The molecule has 0 bridgehead atoms. The van der Waals surface area contributed by atoms with Crippen molar-refractivity contribution in [3.8, 4) is 11.5 Å². The summed E-state index contributed by atoms with van der Waals surface area (Å²) in [5, 5.41) is 0.447. The van der Waals surface area contributed by atoms with Gasteiger partial charge in [0.25, 0.3) is 5.56 Å². The van der Waals surface area contributed by atoms with Crippen molar-refractivity contribution < 1.29 is 14.3 Å². The van der Waals surface area contributed by atoms with Gasteiger partial charge in [-0.3, -0.25) is 14.2 Å². The van der Waals surface area contributed by atoms with Gasteiger partial charge in [0.05, 0.1) is 43.6 Å². The molecule has 0 saturated carbocycles. The topological polar surface area (TPSA) is 70.4 Å². The van der Waals surface area contributed by atoms with Crippen LogP contribution < -0.4 is 15.0 Å². The molecular formula is C18H15BrN2O4. The zero-order valence-electron chi connectivity index (χ0n) is 13.7. The summed E-state index contributed by atoms with van der Waals surface area (Å²) >= 11 is 3.34. The second-order valence-electron chi connectivity index (χ2n) is 5.33. The Morgan fingerprint density at radius 2 is 1.96 bits per heavy atom. The Morgan fingerprint density at radius 1 is 1.16 bits per heavy atom. The molecule has 0 spiro atoms. The van der Waals surface area contributed by atoms with Crippen LogP contribution >= 0.6 is 15.9 Å². The third kappa shape index (κ3) is 3.41. The van der Waals surface area contributed by atoms with E-state index in [1.807, 2.05) is 6.07 Å². The molecule has 7 heteroatoms. The number of carbonyl (C=O) groups excluding carboxylic acids is 1. The van der Waals surface area contributed by atoms with Gasteiger partial charge in [0.1, 0.15) is 11.5 Å². The first-order valence-electron chi connectivity index (χ1n) is 7.43. The predicted octanol–water partition coefficient (Wildman–Crippen LogP) is 3.06. The summed E-state index contributed by atoms with van der Waals surface area (Å²) in [6.07, 6.45) is 1.38. The molecule has 0 radical (unpaired) electrons. The summed E-state index contributed by atoms with van der Waals surface area (Å²) in [5.74, 6) is 0.696. The first kappa shape index (κ1) is 17.2. The van der Waals surface area contributed by atoms with Crippen LogP contribution in [-0.2, 0) is 6.54 Å². The van der Waals surface area contributed by atoms with Gasteiger partial charge in [0.2, 0.25) is 0 Å². The van der Waals surface area contributed by atoms with Crippen molar-refractivity contribution >= 4 is 32.6 Å². The van der Waals surface area contributed by atoms with Crippen LogP contribution in [0.3, 0.4) is 0 Å². The van der Waals surface area contributed by atoms with E-state index in [1.54, 1.807) is 30.3 Å². The summed E-state index contributed by atoms with van der Waals surface area (Å²) in [6, 6.07) is 10.2. The average molecular weight is 403 g/mol. The van der Waals surface area contributed by atoms with Gasteiger partial charge >= 0.3 is 0 Å². The van der Waals surface area contributed by atoms with Crippen molar-refractivity contribution in [2.45, 2.75) is 6.54 Å². The van der Waals surface area contributed by atoms with Crippen molar-refractivity contribution in [1.29, 1.82) is 0 Å². The lowest BCUT2D eigenvalue weighted by Crippen LogP contribution is -2.25. The van der Waals surface area contributed by atoms with Crippen molar-refractivity contribution in [3.63, 3.8) is 0 Å². The highest BCUT2D eigenvalue weighted by Gasteiger charge is 2.16. The highest BCUT2D eigenvalue weighted by atomic mass is 79.9. The van der Waals surface area contributed by atoms with Crippen LogP contribution in [0.5, 0.6) is 11.5 Å². The van der Waals surface area contributed by atoms with Gasteiger partial charge in [0, 0.05) is 4.47 Å². The van der Waals surface area contributed by atoms with Crippen LogP contribution in [0.15, 0.2) is 52.0 Å². The Labute approximate surface area is 152 Å². The Bertz CT molecular complexity index is 1010. The summed E-state index contributed by atoms with van der Waals surface area (Å²) in [7, 11) is 3.01. The molecule has 3 rings (SSSR count). The van der Waals surface area contributed by atoms with Gasteiger partial charge in [-0.2, -0.15) is 0 Å². The van der Waals surface area contributed by atoms with Crippen LogP contribution in [-0.4, -0.2) is 29.6 Å². The minimum Gasteiger partial charge on any atom is -0.497 e. The molecule has 0 aliphatic carbocycles. The van der Waals surface area contributed by atoms with Crippen LogP contribution in [0.2, 0.25) is 0 Å². The normalized spacial score (nSPS) is 10.7. The van der Waals surface area contributed by atoms with Crippen LogP contribution in [0.4, 0.5) is 0 Å². The standard InChI is InChI=1S/C18H15BrN2O4/c1-24-12-4-6-17(25-2)14(8-12)16(22)9-21-10-20-15-5-3-11(19)7-13(15)18(21)23/h3-8,10H,9H2,1-2H3. The summed E-state index contributed by atoms with van der Waals surface area (Å²) < 4.78 is 12.5. The molecule has 0 atom stereocenters. The van der Waals surface area contributed by atoms with E-state index >= 15 is 0 Å². The molecule has 0 unspecified atom stereocenters. The molecule has 1 heterocycles. The van der Waals surface area contributed by atoms with Gasteiger partial charge in [-0.05, 0) is 36.4 Å². The third-order valence-electron chi connectivity index (χ3n) is 3.81. The lowest BCUT2D eigenvalue weighted by atomic mass is 10.1. The molecule has 0 N–H and O–H groups in total. The number of ketones is 1. The number of fused-ring (bicyclic) bond motifs is 1. The lowest BCUT2D eigenvalue weighted by Gasteiger charge is -2.11. The quantitative estimate of drug-likeness (QED) is 0.613. The maximum absolute atomic E-state index is 12.7. The van der Waals surface area contributed by atoms with Gasteiger partial charge in [0.15, 0.2) is 5.78 Å². The number of benzene rings is 2. The molecule has 0 fully saturated rings. The molecule has 3 aromatic rings. The number of halogens is 1. The number of ether oxygens (including phenoxy) is 2. The van der Waals surface area contributed by atoms with Crippen molar-refractivity contribution in [3.05, 3.63) is 63.1 Å². The number of hydrogen-bond donors (Lipinski definition) is 0. The van der Waals surface area contributed by atoms with Crippen LogP contribution in [0, 0.1) is 0 Å². The monoisotopic (exact) mass is 402 g/mol. The minimum absolute atomic E-state index is 0.141. The number of carbonyl (C=O) groups is 1. The first-order chi connectivity index (χ1) is 12.0. The van der Waals surface area contributed by atoms with E-state index in [0.717, 1.165) is 4.47 Å². The number of Topliss-reactive ketones (excluding diaryl/α,β-unsaturated/α-hetero) is 1. The second kappa shape index (κ2) is 7.06. The zero-order valence-corrected chi connectivity index (χ0v) is 15.2. The molecule has 2 aromatic carbocycles. The molecule has 0 aliphatic heterocycles. The molecule has 25 heavy (non-hydrogen) atoms. The number of methoxy groups -OCH3 is 2. The van der Waals surface area contributed by atoms with E-state index in [2.05, 4.69) is 20.9 Å². The number of hydrogen-bond acceptors (Lipinski definition) is 5. The second-order valence-corrected chi connectivity index (χ2v) is 6.24. The lowest BCUT2D eigenvalue weighted by molar-refractivity contribution is 0.0967. The summed E-state index contributed by atoms with van der Waals surface area (Å²) in [4.78, 5) is 29.5. The van der Waals surface area contributed by atoms with E-state index in [9.17, 15) is 9.59 Å². The van der Waals surface area contributed by atoms with E-state index in [0.29, 0.717) is 28.0 Å². The fourth-order valence-electron chi connectivity index (χ4n) is 2.52. The number of nitrogens with zero attached hydrogens (tertiary/aromatic N) is 2. The Balaban J connectivity index is 2.00. The maximum atomic E-state index is 12.7. The molecule has 1 aromatic heterocycles. The van der Waals surface area contributed by atoms with Crippen LogP contribution in [0.25, 0.3) is 10.9 Å². The SMILES string of the molecule is COc1ccc(OC)c(C(=O)Cn2cnc3ccc(Br)cc3c2=O)c1. The Kier molecular flexibility index (Phi) is 4.85. The van der Waals surface area contributed by atoms with E-state index < -0.39 is 0 Å². The summed E-state index contributed by atoms with van der Waals surface area (Å²) in [5.41, 5.74) is 0.653. The summed E-state index contributed by atoms with van der Waals surface area (Å²) in [6.45, 7) is -0.141. The van der Waals surface area contributed by atoms with Gasteiger partial charge in [-0.1, -0.05) is 15.9 Å². The largest absolute Gasteiger partial charge is 0.497 e. The van der Waals surface area contributed by atoms with E-state index in [-0.39, 0.29) is 17.9 Å². The fourth-order valence-corrected chi connectivity index (χ4v) is 2.88. The van der Waals surface area contributed by atoms with Crippen LogP contribution in [0.1, 0.15) is 10.4 Å². The van der Waals surface area contributed by atoms with Gasteiger partial charge < -0.3 is 9.47 Å². The predicted molar refractivity (Wildman–Crippen MR) is 97.6 cm³/mol. The van der Waals surface area contributed by atoms with Gasteiger partial charge in [-0.25, -0.2) is 4.98 Å². The maximum Gasteiger partial charge on any atom is 0.261 e. The molecule has 6 nitrogen and oxygen atoms in total. The van der Waals surface area contributed by atoms with E-state index in [4.69, 9.17) is 9.47 Å². The molecule has 0 saturated heterocycles. The third-order valence-corrected chi connectivity index (χ3v) is 4.30. The molecule has 0 amide bonds. The highest BCUT2D eigenvalue weighted by molar-refractivity contribution is 9.10. The number of aromatic nitrogens is 2. The van der Waals surface area contributed by atoms with Crippen molar-refractivity contribution in [1.82, 2.24) is 9.55 Å². The highest BCUT2D eigenvalue weighted by Crippen LogP contribution is 2.24. The smallest absolute Gasteiger partial charge is 0.261 e. The van der Waals surface area contributed by atoms with Crippen molar-refractivity contribution in [2.75, 3.05) is 14.2 Å². The first-order valence-corrected chi connectivity index (χ1v) is 8.22. The molecule has 128 valence electrons. The average Bonchev–Trinajstić information content (AvgIpc) is 2.63. The molecule has 0 aliphatic rings.